The quantitative estimate of drug-likeness (QED) is 0.491. The van der Waals surface area contributed by atoms with E-state index in [1.165, 1.54) is 12.1 Å². The third kappa shape index (κ3) is 5.29. The van der Waals surface area contributed by atoms with Crippen molar-refractivity contribution < 1.29 is 13.2 Å². The van der Waals surface area contributed by atoms with Gasteiger partial charge < -0.3 is 5.32 Å². The highest BCUT2D eigenvalue weighted by atomic mass is 79.9. The van der Waals surface area contributed by atoms with Gasteiger partial charge in [-0.3, -0.25) is 9.10 Å². The van der Waals surface area contributed by atoms with Gasteiger partial charge >= 0.3 is 0 Å². The summed E-state index contributed by atoms with van der Waals surface area (Å²) < 4.78 is 28.6. The average molecular weight is 487 g/mol. The van der Waals surface area contributed by atoms with Crippen LogP contribution in [0.25, 0.3) is 0 Å². The van der Waals surface area contributed by atoms with E-state index in [2.05, 4.69) is 21.2 Å². The summed E-state index contributed by atoms with van der Waals surface area (Å²) in [5.74, 6) is -0.367. The highest BCUT2D eigenvalue weighted by Crippen LogP contribution is 2.25. The number of nitrogens with one attached hydrogen (secondary N) is 1. The number of carbonyl (C=O) groups is 1. The molecule has 0 saturated heterocycles. The number of anilines is 1. The van der Waals surface area contributed by atoms with Crippen molar-refractivity contribution in [1.29, 1.82) is 0 Å². The van der Waals surface area contributed by atoms with E-state index in [1.54, 1.807) is 42.5 Å². The molecule has 30 heavy (non-hydrogen) atoms. The molecule has 3 aromatic rings. The van der Waals surface area contributed by atoms with Crippen molar-refractivity contribution in [2.75, 3.05) is 10.8 Å². The maximum absolute atomic E-state index is 13.3. The predicted molar refractivity (Wildman–Crippen MR) is 123 cm³/mol. The van der Waals surface area contributed by atoms with E-state index in [0.29, 0.717) is 12.1 Å². The van der Waals surface area contributed by atoms with E-state index >= 15 is 0 Å². The zero-order valence-corrected chi connectivity index (χ0v) is 18.9. The highest BCUT2D eigenvalue weighted by Gasteiger charge is 2.27. The minimum Gasteiger partial charge on any atom is -0.348 e. The fourth-order valence-electron chi connectivity index (χ4n) is 3.12. The van der Waals surface area contributed by atoms with Gasteiger partial charge in [-0.05, 0) is 48.4 Å². The molecule has 156 valence electrons. The topological polar surface area (TPSA) is 66.5 Å². The van der Waals surface area contributed by atoms with Crippen LogP contribution in [0, 0.1) is 0 Å². The summed E-state index contributed by atoms with van der Waals surface area (Å²) >= 11 is 3.36. The maximum atomic E-state index is 13.3. The minimum absolute atomic E-state index is 0.135. The minimum atomic E-state index is -3.91. The first-order valence-corrected chi connectivity index (χ1v) is 11.8. The predicted octanol–water partition coefficient (Wildman–Crippen LogP) is 4.91. The normalized spacial score (nSPS) is 12.2. The van der Waals surface area contributed by atoms with E-state index in [0.717, 1.165) is 14.3 Å². The second-order valence-electron chi connectivity index (χ2n) is 6.74. The van der Waals surface area contributed by atoms with Crippen molar-refractivity contribution in [3.05, 3.63) is 95.0 Å². The maximum Gasteiger partial charge on any atom is 0.264 e. The summed E-state index contributed by atoms with van der Waals surface area (Å²) in [6.07, 6.45) is 0.694. The monoisotopic (exact) mass is 486 g/mol. The van der Waals surface area contributed by atoms with Crippen molar-refractivity contribution in [3.63, 3.8) is 0 Å². The van der Waals surface area contributed by atoms with Gasteiger partial charge in [-0.15, -0.1) is 0 Å². The van der Waals surface area contributed by atoms with Crippen LogP contribution in [-0.4, -0.2) is 20.9 Å². The van der Waals surface area contributed by atoms with E-state index in [4.69, 9.17) is 0 Å². The largest absolute Gasteiger partial charge is 0.348 e. The fourth-order valence-corrected chi connectivity index (χ4v) is 4.83. The zero-order valence-electron chi connectivity index (χ0n) is 16.5. The third-order valence-electron chi connectivity index (χ3n) is 4.68. The number of nitrogens with zero attached hydrogens (tertiary/aromatic N) is 1. The number of halogens is 1. The molecular formula is C23H23BrN2O3S. The van der Waals surface area contributed by atoms with Crippen LogP contribution in [-0.2, 0) is 14.8 Å². The first-order valence-electron chi connectivity index (χ1n) is 9.59. The lowest BCUT2D eigenvalue weighted by Crippen LogP contribution is -2.42. The van der Waals surface area contributed by atoms with Gasteiger partial charge in [0.25, 0.3) is 10.0 Å². The van der Waals surface area contributed by atoms with Crippen LogP contribution in [0.1, 0.15) is 24.9 Å². The third-order valence-corrected chi connectivity index (χ3v) is 7.00. The molecule has 3 aromatic carbocycles. The van der Waals surface area contributed by atoms with E-state index in [-0.39, 0.29) is 23.4 Å². The molecule has 1 N–H and O–H groups in total. The second kappa shape index (κ2) is 9.91. The smallest absolute Gasteiger partial charge is 0.264 e. The molecule has 1 unspecified atom stereocenters. The molecule has 0 radical (unpaired) electrons. The number of hydrogen-bond donors (Lipinski definition) is 1. The molecular weight excluding hydrogens is 464 g/mol. The Hall–Kier alpha value is -2.64. The number of benzene rings is 3. The Morgan fingerprint density at radius 1 is 0.933 bits per heavy atom. The van der Waals surface area contributed by atoms with Crippen LogP contribution in [0.4, 0.5) is 5.69 Å². The van der Waals surface area contributed by atoms with Crippen LogP contribution in [0.5, 0.6) is 0 Å². The van der Waals surface area contributed by atoms with Gasteiger partial charge in [0.15, 0.2) is 0 Å². The Labute approximate surface area is 185 Å². The van der Waals surface area contributed by atoms with Gasteiger partial charge in [0.1, 0.15) is 6.54 Å². The number of hydrogen-bond acceptors (Lipinski definition) is 3. The summed E-state index contributed by atoms with van der Waals surface area (Å²) in [7, 11) is -3.91. The molecule has 0 aliphatic heterocycles. The molecule has 0 aromatic heterocycles. The second-order valence-corrected chi connectivity index (χ2v) is 9.52. The number of rotatable bonds is 8. The van der Waals surface area contributed by atoms with Crippen LogP contribution in [0.15, 0.2) is 94.3 Å². The summed E-state index contributed by atoms with van der Waals surface area (Å²) in [6, 6.07) is 24.4. The standard InChI is InChI=1S/C23H23BrN2O3S/c1-2-22(18-9-5-3-6-10-18)25-23(27)17-26(20-15-13-19(24)14-16-20)30(28,29)21-11-7-4-8-12-21/h3-16,22H,2,17H2,1H3,(H,25,27). The Kier molecular flexibility index (Phi) is 7.29. The number of amides is 1. The lowest BCUT2D eigenvalue weighted by atomic mass is 10.0. The molecule has 0 aliphatic carbocycles. The first kappa shape index (κ1) is 22.1. The van der Waals surface area contributed by atoms with Gasteiger partial charge in [-0.25, -0.2) is 8.42 Å². The van der Waals surface area contributed by atoms with Crippen LogP contribution in [0.3, 0.4) is 0 Å². The first-order chi connectivity index (χ1) is 14.4. The van der Waals surface area contributed by atoms with Crippen LogP contribution in [0.2, 0.25) is 0 Å². The summed E-state index contributed by atoms with van der Waals surface area (Å²) in [6.45, 7) is 1.66. The van der Waals surface area contributed by atoms with Crippen molar-refractivity contribution >= 4 is 37.5 Å². The molecule has 7 heteroatoms. The molecule has 0 saturated carbocycles. The van der Waals surface area contributed by atoms with E-state index in [1.807, 2.05) is 37.3 Å². The Balaban J connectivity index is 1.89. The molecule has 5 nitrogen and oxygen atoms in total. The van der Waals surface area contributed by atoms with Crippen molar-refractivity contribution in [3.8, 4) is 0 Å². The van der Waals surface area contributed by atoms with Crippen LogP contribution < -0.4 is 9.62 Å². The molecule has 3 rings (SSSR count). The SMILES string of the molecule is CCC(NC(=O)CN(c1ccc(Br)cc1)S(=O)(=O)c1ccccc1)c1ccccc1. The molecule has 0 bridgehead atoms. The zero-order chi connectivity index (χ0) is 21.6. The lowest BCUT2D eigenvalue weighted by molar-refractivity contribution is -0.120. The van der Waals surface area contributed by atoms with E-state index in [9.17, 15) is 13.2 Å². The van der Waals surface area contributed by atoms with Gasteiger partial charge in [-0.1, -0.05) is 71.4 Å². The average Bonchev–Trinajstić information content (AvgIpc) is 2.77. The number of carbonyl (C=O) groups excluding carboxylic acids is 1. The van der Waals surface area contributed by atoms with Gasteiger partial charge in [0.05, 0.1) is 16.6 Å². The van der Waals surface area contributed by atoms with Crippen molar-refractivity contribution in [2.24, 2.45) is 0 Å². The summed E-state index contributed by atoms with van der Waals surface area (Å²) in [5, 5.41) is 2.96. The lowest BCUT2D eigenvalue weighted by Gasteiger charge is -2.25. The van der Waals surface area contributed by atoms with Gasteiger partial charge in [0, 0.05) is 4.47 Å². The van der Waals surface area contributed by atoms with Gasteiger partial charge in [0.2, 0.25) is 5.91 Å². The van der Waals surface area contributed by atoms with Crippen LogP contribution >= 0.6 is 15.9 Å². The Morgan fingerprint density at radius 3 is 2.07 bits per heavy atom. The van der Waals surface area contributed by atoms with Crippen molar-refractivity contribution in [1.82, 2.24) is 5.32 Å². The summed E-state index contributed by atoms with van der Waals surface area (Å²) in [4.78, 5) is 13.0. The molecule has 1 amide bonds. The molecule has 0 heterocycles. The van der Waals surface area contributed by atoms with Crippen molar-refractivity contribution in [2.45, 2.75) is 24.3 Å². The Bertz CT molecular complexity index is 1070. The fraction of sp³-hybridized carbons (Fsp3) is 0.174. The molecule has 0 aliphatic rings. The molecule has 1 atom stereocenters. The summed E-state index contributed by atoms with van der Waals surface area (Å²) in [5.41, 5.74) is 1.40. The highest BCUT2D eigenvalue weighted by molar-refractivity contribution is 9.10. The number of sulfonamides is 1. The Morgan fingerprint density at radius 2 is 1.50 bits per heavy atom. The van der Waals surface area contributed by atoms with E-state index < -0.39 is 10.0 Å². The van der Waals surface area contributed by atoms with Gasteiger partial charge in [-0.2, -0.15) is 0 Å². The molecule has 0 spiro atoms. The molecule has 0 fully saturated rings.